The number of hydrogen-bond acceptors (Lipinski definition) is 4. The van der Waals surface area contributed by atoms with Gasteiger partial charge in [0.25, 0.3) is 0 Å². The number of carbonyl (C=O) groups is 1. The minimum atomic E-state index is -0.585. The van der Waals surface area contributed by atoms with Crippen LogP contribution in [0, 0.1) is 12.7 Å². The third-order valence-electron chi connectivity index (χ3n) is 2.43. The Morgan fingerprint density at radius 2 is 2.18 bits per heavy atom. The molecule has 0 unspecified atom stereocenters. The molecule has 0 saturated heterocycles. The van der Waals surface area contributed by atoms with E-state index < -0.39 is 11.5 Å². The molecule has 2 aromatic rings. The maximum atomic E-state index is 13.4. The molecule has 0 aliphatic heterocycles. The first-order valence-corrected chi connectivity index (χ1v) is 4.83. The van der Waals surface area contributed by atoms with Crippen molar-refractivity contribution in [1.29, 1.82) is 0 Å². The largest absolute Gasteiger partial charge is 0.365 e. The van der Waals surface area contributed by atoms with Crippen LogP contribution in [0.1, 0.15) is 22.8 Å². The fourth-order valence-corrected chi connectivity index (χ4v) is 1.65. The number of nitrogens with one attached hydrogen (secondary N) is 1. The Bertz CT molecular complexity index is 644. The number of hydrogen-bond donors (Lipinski definition) is 1. The highest BCUT2D eigenvalue weighted by atomic mass is 19.1. The van der Waals surface area contributed by atoms with Crippen molar-refractivity contribution < 1.29 is 9.18 Å². The highest BCUT2D eigenvalue weighted by molar-refractivity contribution is 5.99. The minimum Gasteiger partial charge on any atom is -0.294 e. The van der Waals surface area contributed by atoms with Gasteiger partial charge in [-0.3, -0.25) is 4.79 Å². The highest BCUT2D eigenvalue weighted by Crippen LogP contribution is 2.20. The van der Waals surface area contributed by atoms with Crippen molar-refractivity contribution >= 4 is 5.78 Å². The van der Waals surface area contributed by atoms with E-state index in [1.807, 2.05) is 0 Å². The molecule has 0 atom stereocenters. The van der Waals surface area contributed by atoms with Crippen molar-refractivity contribution in [2.75, 3.05) is 0 Å². The van der Waals surface area contributed by atoms with Gasteiger partial charge in [-0.2, -0.15) is 4.68 Å². The Kier molecular flexibility index (Phi) is 2.58. The highest BCUT2D eigenvalue weighted by Gasteiger charge is 2.17. The average molecular weight is 236 g/mol. The first-order valence-electron chi connectivity index (χ1n) is 4.83. The van der Waals surface area contributed by atoms with Gasteiger partial charge in [-0.25, -0.2) is 14.3 Å². The zero-order valence-electron chi connectivity index (χ0n) is 9.19. The van der Waals surface area contributed by atoms with E-state index in [4.69, 9.17) is 0 Å². The molecule has 0 radical (unpaired) electrons. The minimum absolute atomic E-state index is 0.126. The summed E-state index contributed by atoms with van der Waals surface area (Å²) in [6.45, 7) is 2.77. The van der Waals surface area contributed by atoms with Crippen LogP contribution in [0.5, 0.6) is 0 Å². The number of Topliss-reactive ketones (excluding diaryl/α,β-unsaturated/α-hetero) is 1. The molecular formula is C10H9FN4O2. The Hall–Kier alpha value is -2.31. The summed E-state index contributed by atoms with van der Waals surface area (Å²) in [5, 5.41) is 8.95. The van der Waals surface area contributed by atoms with Gasteiger partial charge in [0.15, 0.2) is 5.78 Å². The standard InChI is InChI=1S/C10H9FN4O2/c1-5-7(11)3-4-8(9(5)6(2)16)15-10(17)12-13-14-15/h3-4H,1-2H3,(H,12,14,17). The molecule has 0 bridgehead atoms. The molecule has 2 rings (SSSR count). The first-order chi connectivity index (χ1) is 8.02. The number of H-pyrrole nitrogens is 1. The number of tetrazole rings is 1. The zero-order valence-corrected chi connectivity index (χ0v) is 9.19. The van der Waals surface area contributed by atoms with E-state index >= 15 is 0 Å². The summed E-state index contributed by atoms with van der Waals surface area (Å²) in [6.07, 6.45) is 0. The van der Waals surface area contributed by atoms with Gasteiger partial charge >= 0.3 is 5.69 Å². The molecule has 1 N–H and O–H groups in total. The SMILES string of the molecule is CC(=O)c1c(-n2nn[nH]c2=O)ccc(F)c1C. The molecule has 0 aliphatic carbocycles. The van der Waals surface area contributed by atoms with Gasteiger partial charge in [0.1, 0.15) is 5.82 Å². The summed E-state index contributed by atoms with van der Waals surface area (Å²) in [5.41, 5.74) is -0.0560. The summed E-state index contributed by atoms with van der Waals surface area (Å²) in [7, 11) is 0. The lowest BCUT2D eigenvalue weighted by molar-refractivity contribution is 0.101. The van der Waals surface area contributed by atoms with Crippen LogP contribution >= 0.6 is 0 Å². The third kappa shape index (κ3) is 1.75. The Morgan fingerprint density at radius 1 is 1.47 bits per heavy atom. The molecule has 1 heterocycles. The fraction of sp³-hybridized carbons (Fsp3) is 0.200. The van der Waals surface area contributed by atoms with Crippen molar-refractivity contribution in [1.82, 2.24) is 20.2 Å². The molecule has 6 nitrogen and oxygen atoms in total. The van der Waals surface area contributed by atoms with E-state index in [0.29, 0.717) is 0 Å². The number of rotatable bonds is 2. The normalized spacial score (nSPS) is 10.5. The summed E-state index contributed by atoms with van der Waals surface area (Å²) >= 11 is 0. The lowest BCUT2D eigenvalue weighted by Crippen LogP contribution is -2.19. The number of benzene rings is 1. The summed E-state index contributed by atoms with van der Waals surface area (Å²) in [4.78, 5) is 22.9. The van der Waals surface area contributed by atoms with Crippen LogP contribution in [0.3, 0.4) is 0 Å². The summed E-state index contributed by atoms with van der Waals surface area (Å²) in [6, 6.07) is 2.50. The van der Waals surface area contributed by atoms with Gasteiger partial charge in [-0.05, 0) is 42.0 Å². The average Bonchev–Trinajstić information content (AvgIpc) is 2.67. The van der Waals surface area contributed by atoms with Crippen molar-refractivity contribution in [3.05, 3.63) is 39.6 Å². The topological polar surface area (TPSA) is 80.6 Å². The quantitative estimate of drug-likeness (QED) is 0.774. The van der Waals surface area contributed by atoms with Crippen LogP contribution in [-0.2, 0) is 0 Å². The van der Waals surface area contributed by atoms with Crippen molar-refractivity contribution in [2.24, 2.45) is 0 Å². The molecule has 7 heteroatoms. The van der Waals surface area contributed by atoms with Crippen molar-refractivity contribution in [3.63, 3.8) is 0 Å². The van der Waals surface area contributed by atoms with Gasteiger partial charge in [0.05, 0.1) is 5.69 Å². The lowest BCUT2D eigenvalue weighted by atomic mass is 10.0. The van der Waals surface area contributed by atoms with Crippen LogP contribution in [-0.4, -0.2) is 26.0 Å². The van der Waals surface area contributed by atoms with E-state index in [-0.39, 0.29) is 22.6 Å². The second-order valence-corrected chi connectivity index (χ2v) is 3.54. The molecule has 0 aliphatic rings. The molecule has 1 aromatic heterocycles. The first kappa shape index (κ1) is 11.2. The fourth-order valence-electron chi connectivity index (χ4n) is 1.65. The molecule has 0 saturated carbocycles. The maximum Gasteiger partial charge on any atom is 0.365 e. The zero-order chi connectivity index (χ0) is 12.6. The molecule has 0 amide bonds. The van der Waals surface area contributed by atoms with Crippen LogP contribution < -0.4 is 5.69 Å². The van der Waals surface area contributed by atoms with Crippen LogP contribution in [0.4, 0.5) is 4.39 Å². The number of aromatic amines is 1. The van der Waals surface area contributed by atoms with E-state index in [0.717, 1.165) is 4.68 Å². The Labute approximate surface area is 95.1 Å². The van der Waals surface area contributed by atoms with Crippen LogP contribution in [0.15, 0.2) is 16.9 Å². The summed E-state index contributed by atoms with van der Waals surface area (Å²) in [5.74, 6) is -0.845. The van der Waals surface area contributed by atoms with Crippen molar-refractivity contribution in [3.8, 4) is 5.69 Å². The Morgan fingerprint density at radius 3 is 2.71 bits per heavy atom. The van der Waals surface area contributed by atoms with Crippen molar-refractivity contribution in [2.45, 2.75) is 13.8 Å². The van der Waals surface area contributed by atoms with E-state index in [9.17, 15) is 14.0 Å². The van der Waals surface area contributed by atoms with Gasteiger partial charge in [0, 0.05) is 5.56 Å². The number of carbonyl (C=O) groups excluding carboxylic acids is 1. The maximum absolute atomic E-state index is 13.4. The van der Waals surface area contributed by atoms with Gasteiger partial charge in [-0.15, -0.1) is 0 Å². The van der Waals surface area contributed by atoms with E-state index in [1.54, 1.807) is 0 Å². The molecule has 1 aromatic carbocycles. The van der Waals surface area contributed by atoms with Crippen LogP contribution in [0.25, 0.3) is 5.69 Å². The molecule has 0 spiro atoms. The molecular weight excluding hydrogens is 227 g/mol. The predicted molar refractivity (Wildman–Crippen MR) is 56.7 cm³/mol. The van der Waals surface area contributed by atoms with Crippen LogP contribution in [0.2, 0.25) is 0 Å². The second-order valence-electron chi connectivity index (χ2n) is 3.54. The number of nitrogens with zero attached hydrogens (tertiary/aromatic N) is 3. The smallest absolute Gasteiger partial charge is 0.294 e. The number of ketones is 1. The van der Waals surface area contributed by atoms with E-state index in [2.05, 4.69) is 15.5 Å². The monoisotopic (exact) mass is 236 g/mol. The number of aromatic nitrogens is 4. The second kappa shape index (κ2) is 3.93. The van der Waals surface area contributed by atoms with Gasteiger partial charge in [-0.1, -0.05) is 0 Å². The molecule has 0 fully saturated rings. The lowest BCUT2D eigenvalue weighted by Gasteiger charge is -2.08. The Balaban J connectivity index is 2.80. The summed E-state index contributed by atoms with van der Waals surface area (Å²) < 4.78 is 14.3. The number of halogens is 1. The van der Waals surface area contributed by atoms with E-state index in [1.165, 1.54) is 26.0 Å². The predicted octanol–water partition coefficient (Wildman–Crippen LogP) is 0.606. The van der Waals surface area contributed by atoms with Gasteiger partial charge in [0.2, 0.25) is 0 Å². The molecule has 88 valence electrons. The molecule has 17 heavy (non-hydrogen) atoms. The van der Waals surface area contributed by atoms with Gasteiger partial charge < -0.3 is 0 Å². The third-order valence-corrected chi connectivity index (χ3v) is 2.43.